The molecule has 1 amide bonds. The molecule has 0 fully saturated rings. The van der Waals surface area contributed by atoms with Crippen molar-refractivity contribution in [2.75, 3.05) is 11.9 Å². The fourth-order valence-electron chi connectivity index (χ4n) is 1.56. The third kappa shape index (κ3) is 4.10. The molecule has 6 heteroatoms. The lowest BCUT2D eigenvalue weighted by molar-refractivity contribution is -0.119. The Hall–Kier alpha value is -2.76. The van der Waals surface area contributed by atoms with Crippen molar-refractivity contribution in [3.63, 3.8) is 0 Å². The predicted molar refractivity (Wildman–Crippen MR) is 71.7 cm³/mol. The van der Waals surface area contributed by atoms with E-state index in [9.17, 15) is 18.4 Å². The van der Waals surface area contributed by atoms with Crippen molar-refractivity contribution >= 4 is 17.6 Å². The second-order valence-corrected chi connectivity index (χ2v) is 4.12. The molecule has 1 N–H and O–H groups in total. The van der Waals surface area contributed by atoms with E-state index in [2.05, 4.69) is 5.32 Å². The molecule has 2 aromatic carbocycles. The molecule has 0 atom stereocenters. The fourth-order valence-corrected chi connectivity index (χ4v) is 1.56. The van der Waals surface area contributed by atoms with Gasteiger partial charge in [-0.3, -0.25) is 4.79 Å². The Labute approximate surface area is 119 Å². The standard InChI is InChI=1S/C15H11F2NO3/c16-12-7-6-11(8-13(12)17)18-14(19)9-21-15(20)10-4-2-1-3-5-10/h1-8H,9H2,(H,18,19). The van der Waals surface area contributed by atoms with Gasteiger partial charge < -0.3 is 10.1 Å². The van der Waals surface area contributed by atoms with Crippen LogP contribution in [0.3, 0.4) is 0 Å². The summed E-state index contributed by atoms with van der Waals surface area (Å²) in [5.74, 6) is -3.38. The number of ether oxygens (including phenoxy) is 1. The highest BCUT2D eigenvalue weighted by molar-refractivity contribution is 5.95. The Morgan fingerprint density at radius 1 is 1.00 bits per heavy atom. The first kappa shape index (κ1) is 14.6. The number of carbonyl (C=O) groups is 2. The molecule has 2 aromatic rings. The topological polar surface area (TPSA) is 55.4 Å². The number of hydrogen-bond donors (Lipinski definition) is 1. The van der Waals surface area contributed by atoms with Crippen molar-refractivity contribution in [2.45, 2.75) is 0 Å². The molecule has 0 heterocycles. The van der Waals surface area contributed by atoms with E-state index in [4.69, 9.17) is 4.74 Å². The maximum absolute atomic E-state index is 13.0. The molecule has 0 aliphatic rings. The lowest BCUT2D eigenvalue weighted by Crippen LogP contribution is -2.21. The van der Waals surface area contributed by atoms with Gasteiger partial charge in [-0.25, -0.2) is 13.6 Å². The van der Waals surface area contributed by atoms with Gasteiger partial charge in [-0.2, -0.15) is 0 Å². The smallest absolute Gasteiger partial charge is 0.338 e. The van der Waals surface area contributed by atoms with Gasteiger partial charge in [-0.1, -0.05) is 18.2 Å². The minimum atomic E-state index is -1.07. The molecule has 4 nitrogen and oxygen atoms in total. The van der Waals surface area contributed by atoms with Gasteiger partial charge in [0.25, 0.3) is 5.91 Å². The van der Waals surface area contributed by atoms with Gasteiger partial charge in [0.05, 0.1) is 5.56 Å². The zero-order valence-corrected chi connectivity index (χ0v) is 10.8. The van der Waals surface area contributed by atoms with Gasteiger partial charge in [0.1, 0.15) is 0 Å². The quantitative estimate of drug-likeness (QED) is 0.881. The molecule has 0 radical (unpaired) electrons. The van der Waals surface area contributed by atoms with E-state index in [1.54, 1.807) is 30.3 Å². The monoisotopic (exact) mass is 291 g/mol. The lowest BCUT2D eigenvalue weighted by Gasteiger charge is -2.07. The number of nitrogens with one attached hydrogen (secondary N) is 1. The Kier molecular flexibility index (Phi) is 4.61. The lowest BCUT2D eigenvalue weighted by atomic mass is 10.2. The maximum Gasteiger partial charge on any atom is 0.338 e. The zero-order valence-electron chi connectivity index (χ0n) is 10.8. The first-order chi connectivity index (χ1) is 10.1. The van der Waals surface area contributed by atoms with Crippen molar-refractivity contribution in [2.24, 2.45) is 0 Å². The number of anilines is 1. The molecular weight excluding hydrogens is 280 g/mol. The third-order valence-corrected chi connectivity index (χ3v) is 2.55. The van der Waals surface area contributed by atoms with Crippen LogP contribution in [0.2, 0.25) is 0 Å². The molecule has 2 rings (SSSR count). The molecule has 0 saturated heterocycles. The van der Waals surface area contributed by atoms with Gasteiger partial charge in [0.2, 0.25) is 0 Å². The highest BCUT2D eigenvalue weighted by Crippen LogP contribution is 2.13. The van der Waals surface area contributed by atoms with E-state index in [1.165, 1.54) is 6.07 Å². The van der Waals surface area contributed by atoms with Crippen LogP contribution in [-0.2, 0) is 9.53 Å². The van der Waals surface area contributed by atoms with Gasteiger partial charge in [-0.05, 0) is 24.3 Å². The molecule has 0 bridgehead atoms. The van der Waals surface area contributed by atoms with Crippen molar-refractivity contribution in [1.82, 2.24) is 0 Å². The van der Waals surface area contributed by atoms with Gasteiger partial charge >= 0.3 is 5.97 Å². The first-order valence-electron chi connectivity index (χ1n) is 6.03. The summed E-state index contributed by atoms with van der Waals surface area (Å²) in [7, 11) is 0. The zero-order chi connectivity index (χ0) is 15.2. The summed E-state index contributed by atoms with van der Waals surface area (Å²) >= 11 is 0. The third-order valence-electron chi connectivity index (χ3n) is 2.55. The van der Waals surface area contributed by atoms with Crippen LogP contribution in [0.4, 0.5) is 14.5 Å². The minimum absolute atomic E-state index is 0.0784. The number of amides is 1. The summed E-state index contributed by atoms with van der Waals surface area (Å²) < 4.78 is 30.5. The Bertz CT molecular complexity index is 659. The minimum Gasteiger partial charge on any atom is -0.452 e. The summed E-state index contributed by atoms with van der Waals surface area (Å²) in [5, 5.41) is 2.29. The number of halogens is 2. The summed E-state index contributed by atoms with van der Waals surface area (Å²) in [5.41, 5.74) is 0.396. The van der Waals surface area contributed by atoms with Crippen LogP contribution in [-0.4, -0.2) is 18.5 Å². The fraction of sp³-hybridized carbons (Fsp3) is 0.0667. The SMILES string of the molecule is O=C(COC(=O)c1ccccc1)Nc1ccc(F)c(F)c1. The van der Waals surface area contributed by atoms with E-state index in [-0.39, 0.29) is 5.69 Å². The maximum atomic E-state index is 13.0. The molecule has 108 valence electrons. The average Bonchev–Trinajstić information content (AvgIpc) is 2.49. The molecular formula is C15H11F2NO3. The average molecular weight is 291 g/mol. The normalized spacial score (nSPS) is 10.0. The number of esters is 1. The molecule has 0 aliphatic heterocycles. The van der Waals surface area contributed by atoms with E-state index in [0.717, 1.165) is 12.1 Å². The molecule has 0 saturated carbocycles. The van der Waals surface area contributed by atoms with Gasteiger partial charge in [0.15, 0.2) is 18.2 Å². The van der Waals surface area contributed by atoms with E-state index >= 15 is 0 Å². The summed E-state index contributed by atoms with van der Waals surface area (Å²) in [6.45, 7) is -0.521. The summed E-state index contributed by atoms with van der Waals surface area (Å²) in [6.07, 6.45) is 0. The Morgan fingerprint density at radius 2 is 1.71 bits per heavy atom. The van der Waals surface area contributed by atoms with Crippen molar-refractivity contribution in [3.8, 4) is 0 Å². The van der Waals surface area contributed by atoms with Crippen LogP contribution in [0.15, 0.2) is 48.5 Å². The van der Waals surface area contributed by atoms with Crippen LogP contribution < -0.4 is 5.32 Å². The van der Waals surface area contributed by atoms with Crippen LogP contribution >= 0.6 is 0 Å². The van der Waals surface area contributed by atoms with E-state index in [0.29, 0.717) is 5.56 Å². The van der Waals surface area contributed by atoms with Crippen LogP contribution in [0, 0.1) is 11.6 Å². The number of rotatable bonds is 4. The molecule has 21 heavy (non-hydrogen) atoms. The van der Waals surface area contributed by atoms with Crippen LogP contribution in [0.1, 0.15) is 10.4 Å². The predicted octanol–water partition coefficient (Wildman–Crippen LogP) is 2.76. The molecule has 0 unspecified atom stereocenters. The summed E-state index contributed by atoms with van der Waals surface area (Å²) in [6, 6.07) is 11.1. The van der Waals surface area contributed by atoms with Crippen LogP contribution in [0.5, 0.6) is 0 Å². The number of benzene rings is 2. The first-order valence-corrected chi connectivity index (χ1v) is 6.03. The second-order valence-electron chi connectivity index (χ2n) is 4.12. The molecule has 0 spiro atoms. The number of hydrogen-bond acceptors (Lipinski definition) is 3. The summed E-state index contributed by atoms with van der Waals surface area (Å²) in [4.78, 5) is 23.1. The highest BCUT2D eigenvalue weighted by Gasteiger charge is 2.10. The van der Waals surface area contributed by atoms with Crippen LogP contribution in [0.25, 0.3) is 0 Å². The largest absolute Gasteiger partial charge is 0.452 e. The van der Waals surface area contributed by atoms with E-state index < -0.39 is 30.1 Å². The van der Waals surface area contributed by atoms with E-state index in [1.807, 2.05) is 0 Å². The Balaban J connectivity index is 1.87. The Morgan fingerprint density at radius 3 is 2.38 bits per heavy atom. The number of carbonyl (C=O) groups excluding carboxylic acids is 2. The molecule has 0 aromatic heterocycles. The van der Waals surface area contributed by atoms with Crippen molar-refractivity contribution < 1.29 is 23.1 Å². The van der Waals surface area contributed by atoms with Gasteiger partial charge in [-0.15, -0.1) is 0 Å². The second kappa shape index (κ2) is 6.60. The van der Waals surface area contributed by atoms with Gasteiger partial charge in [0, 0.05) is 11.8 Å². The van der Waals surface area contributed by atoms with Crippen molar-refractivity contribution in [1.29, 1.82) is 0 Å². The molecule has 0 aliphatic carbocycles. The van der Waals surface area contributed by atoms with Crippen molar-refractivity contribution in [3.05, 3.63) is 65.7 Å². The highest BCUT2D eigenvalue weighted by atomic mass is 19.2.